The van der Waals surface area contributed by atoms with Crippen molar-refractivity contribution in [2.24, 2.45) is 0 Å². The molecule has 0 atom stereocenters. The first kappa shape index (κ1) is 13.8. The minimum Gasteiger partial charge on any atom is -0.478 e. The molecule has 0 aliphatic rings. The van der Waals surface area contributed by atoms with E-state index in [1.165, 1.54) is 11.6 Å². The van der Waals surface area contributed by atoms with E-state index in [1.807, 2.05) is 49.2 Å². The predicted octanol–water partition coefficient (Wildman–Crippen LogP) is 3.26. The zero-order valence-electron chi connectivity index (χ0n) is 11.4. The number of anilines is 2. The molecule has 2 rings (SSSR count). The summed E-state index contributed by atoms with van der Waals surface area (Å²) in [6.45, 7) is 2.05. The smallest absolute Gasteiger partial charge is 0.328 e. The van der Waals surface area contributed by atoms with Gasteiger partial charge < -0.3 is 10.0 Å². The number of hydrogen-bond donors (Lipinski definition) is 1. The summed E-state index contributed by atoms with van der Waals surface area (Å²) in [5.74, 6) is -0.158. The molecular formula is C16H16N2O2. The molecule has 2 aromatic rings. The van der Waals surface area contributed by atoms with Crippen LogP contribution < -0.4 is 4.90 Å². The van der Waals surface area contributed by atoms with Gasteiger partial charge in [0.25, 0.3) is 0 Å². The molecule has 1 aromatic carbocycles. The number of hydrogen-bond acceptors (Lipinski definition) is 3. The molecule has 0 saturated heterocycles. The summed E-state index contributed by atoms with van der Waals surface area (Å²) in [6, 6.07) is 11.9. The van der Waals surface area contributed by atoms with Crippen molar-refractivity contribution in [1.82, 2.24) is 4.98 Å². The normalized spacial score (nSPS) is 10.7. The van der Waals surface area contributed by atoms with Crippen LogP contribution in [0, 0.1) is 6.92 Å². The van der Waals surface area contributed by atoms with Crippen molar-refractivity contribution in [3.05, 3.63) is 59.8 Å². The Morgan fingerprint density at radius 1 is 1.30 bits per heavy atom. The maximum absolute atomic E-state index is 10.4. The summed E-state index contributed by atoms with van der Waals surface area (Å²) in [5, 5.41) is 8.58. The van der Waals surface area contributed by atoms with Crippen LogP contribution in [0.3, 0.4) is 0 Å². The van der Waals surface area contributed by atoms with E-state index < -0.39 is 5.97 Å². The number of rotatable bonds is 4. The molecule has 20 heavy (non-hydrogen) atoms. The molecule has 0 fully saturated rings. The summed E-state index contributed by atoms with van der Waals surface area (Å²) in [4.78, 5) is 16.8. The summed E-state index contributed by atoms with van der Waals surface area (Å²) >= 11 is 0. The van der Waals surface area contributed by atoms with Crippen molar-refractivity contribution in [2.45, 2.75) is 6.92 Å². The van der Waals surface area contributed by atoms with Crippen LogP contribution in [0.5, 0.6) is 0 Å². The maximum Gasteiger partial charge on any atom is 0.328 e. The van der Waals surface area contributed by atoms with Gasteiger partial charge in [-0.05, 0) is 48.4 Å². The van der Waals surface area contributed by atoms with Crippen LogP contribution in [0.4, 0.5) is 11.5 Å². The van der Waals surface area contributed by atoms with Crippen molar-refractivity contribution < 1.29 is 9.90 Å². The van der Waals surface area contributed by atoms with Gasteiger partial charge in [-0.25, -0.2) is 9.78 Å². The molecule has 1 heterocycles. The first-order chi connectivity index (χ1) is 9.56. The number of aromatic nitrogens is 1. The summed E-state index contributed by atoms with van der Waals surface area (Å²) in [6.07, 6.45) is 4.27. The van der Waals surface area contributed by atoms with Crippen LogP contribution in [-0.4, -0.2) is 23.1 Å². The first-order valence-corrected chi connectivity index (χ1v) is 6.24. The van der Waals surface area contributed by atoms with Crippen molar-refractivity contribution in [2.75, 3.05) is 11.9 Å². The molecule has 0 unspecified atom stereocenters. The molecule has 0 radical (unpaired) electrons. The zero-order valence-corrected chi connectivity index (χ0v) is 11.4. The number of aryl methyl sites for hydroxylation is 1. The maximum atomic E-state index is 10.4. The first-order valence-electron chi connectivity index (χ1n) is 6.24. The van der Waals surface area contributed by atoms with Gasteiger partial charge >= 0.3 is 5.97 Å². The highest BCUT2D eigenvalue weighted by molar-refractivity contribution is 5.85. The van der Waals surface area contributed by atoms with Crippen LogP contribution in [-0.2, 0) is 4.79 Å². The van der Waals surface area contributed by atoms with Gasteiger partial charge in [-0.15, -0.1) is 0 Å². The number of carboxylic acid groups (broad SMARTS) is 1. The second-order valence-corrected chi connectivity index (χ2v) is 4.52. The molecule has 0 bridgehead atoms. The fraction of sp³-hybridized carbons (Fsp3) is 0.125. The molecular weight excluding hydrogens is 252 g/mol. The fourth-order valence-corrected chi connectivity index (χ4v) is 1.83. The number of carboxylic acids is 1. The minimum absolute atomic E-state index is 0.758. The van der Waals surface area contributed by atoms with Crippen LogP contribution in [0.1, 0.15) is 11.1 Å². The monoisotopic (exact) mass is 268 g/mol. The lowest BCUT2D eigenvalue weighted by atomic mass is 10.2. The van der Waals surface area contributed by atoms with Crippen LogP contribution in [0.2, 0.25) is 0 Å². The Morgan fingerprint density at radius 3 is 2.70 bits per heavy atom. The van der Waals surface area contributed by atoms with Crippen molar-refractivity contribution >= 4 is 23.6 Å². The highest BCUT2D eigenvalue weighted by Gasteiger charge is 2.04. The number of nitrogens with zero attached hydrogens (tertiary/aromatic N) is 2. The van der Waals surface area contributed by atoms with E-state index in [4.69, 9.17) is 5.11 Å². The van der Waals surface area contributed by atoms with Gasteiger partial charge in [-0.1, -0.05) is 12.1 Å². The van der Waals surface area contributed by atoms with E-state index >= 15 is 0 Å². The number of aliphatic carboxylic acids is 1. The lowest BCUT2D eigenvalue weighted by Gasteiger charge is -2.18. The molecule has 0 aliphatic heterocycles. The number of benzene rings is 1. The Morgan fingerprint density at radius 2 is 2.10 bits per heavy atom. The van der Waals surface area contributed by atoms with E-state index in [2.05, 4.69) is 11.1 Å². The Hall–Kier alpha value is -2.62. The van der Waals surface area contributed by atoms with Gasteiger partial charge in [-0.3, -0.25) is 0 Å². The Labute approximate surface area is 118 Å². The lowest BCUT2D eigenvalue weighted by molar-refractivity contribution is -0.131. The third kappa shape index (κ3) is 3.45. The standard InChI is InChI=1S/C16H16N2O2/c1-12-4-3-5-14(10-12)18(2)15-8-6-13(11-17-15)7-9-16(19)20/h3-11H,1-2H3,(H,19,20)/b9-7+. The Bertz CT molecular complexity index is 633. The van der Waals surface area contributed by atoms with E-state index in [1.54, 1.807) is 6.20 Å². The van der Waals surface area contributed by atoms with Crippen LogP contribution in [0.15, 0.2) is 48.7 Å². The van der Waals surface area contributed by atoms with Crippen LogP contribution >= 0.6 is 0 Å². The van der Waals surface area contributed by atoms with Gasteiger partial charge in [0.05, 0.1) is 0 Å². The molecule has 0 saturated carbocycles. The molecule has 4 nitrogen and oxygen atoms in total. The predicted molar refractivity (Wildman–Crippen MR) is 80.1 cm³/mol. The Kier molecular flexibility index (Phi) is 4.15. The quantitative estimate of drug-likeness (QED) is 0.865. The fourth-order valence-electron chi connectivity index (χ4n) is 1.83. The summed E-state index contributed by atoms with van der Waals surface area (Å²) < 4.78 is 0. The molecule has 1 N–H and O–H groups in total. The summed E-state index contributed by atoms with van der Waals surface area (Å²) in [5.41, 5.74) is 3.01. The number of carbonyl (C=O) groups is 1. The number of pyridine rings is 1. The zero-order chi connectivity index (χ0) is 14.5. The van der Waals surface area contributed by atoms with Gasteiger partial charge in [0.15, 0.2) is 0 Å². The SMILES string of the molecule is Cc1cccc(N(C)c2ccc(/C=C/C(=O)O)cn2)c1. The van der Waals surface area contributed by atoms with E-state index in [-0.39, 0.29) is 0 Å². The third-order valence-electron chi connectivity index (χ3n) is 2.92. The average Bonchev–Trinajstić information content (AvgIpc) is 2.45. The van der Waals surface area contributed by atoms with Crippen LogP contribution in [0.25, 0.3) is 6.08 Å². The molecule has 0 spiro atoms. The lowest BCUT2D eigenvalue weighted by Crippen LogP contribution is -2.11. The van der Waals surface area contributed by atoms with E-state index in [0.29, 0.717) is 0 Å². The molecule has 1 aromatic heterocycles. The minimum atomic E-state index is -0.967. The highest BCUT2D eigenvalue weighted by atomic mass is 16.4. The van der Waals surface area contributed by atoms with Crippen molar-refractivity contribution in [3.8, 4) is 0 Å². The largest absolute Gasteiger partial charge is 0.478 e. The average molecular weight is 268 g/mol. The van der Waals surface area contributed by atoms with Crippen molar-refractivity contribution in [3.63, 3.8) is 0 Å². The van der Waals surface area contributed by atoms with Gasteiger partial charge in [0, 0.05) is 25.0 Å². The topological polar surface area (TPSA) is 53.4 Å². The third-order valence-corrected chi connectivity index (χ3v) is 2.92. The molecule has 0 aliphatic carbocycles. The molecule has 102 valence electrons. The van der Waals surface area contributed by atoms with Crippen molar-refractivity contribution in [1.29, 1.82) is 0 Å². The highest BCUT2D eigenvalue weighted by Crippen LogP contribution is 2.22. The van der Waals surface area contributed by atoms with E-state index in [0.717, 1.165) is 23.1 Å². The molecule has 0 amide bonds. The van der Waals surface area contributed by atoms with E-state index in [9.17, 15) is 4.79 Å². The van der Waals surface area contributed by atoms with Gasteiger partial charge in [-0.2, -0.15) is 0 Å². The van der Waals surface area contributed by atoms with Gasteiger partial charge in [0.2, 0.25) is 0 Å². The second kappa shape index (κ2) is 6.02. The van der Waals surface area contributed by atoms with Gasteiger partial charge in [0.1, 0.15) is 5.82 Å². The molecule has 4 heteroatoms. The Balaban J connectivity index is 2.19. The summed E-state index contributed by atoms with van der Waals surface area (Å²) in [7, 11) is 1.95. The second-order valence-electron chi connectivity index (χ2n) is 4.52.